The third kappa shape index (κ3) is 5.76. The van der Waals surface area contributed by atoms with E-state index in [1.807, 2.05) is 0 Å². The predicted molar refractivity (Wildman–Crippen MR) is 71.0 cm³/mol. The SMILES string of the molecule is COP(=O)([O-])O/C(=C\Cl)c1cc(Cl)c(Cl)cc1Cl.[Na+]. The molecule has 1 aromatic carbocycles. The van der Waals surface area contributed by atoms with Crippen LogP contribution < -0.4 is 34.5 Å². The molecule has 0 aliphatic heterocycles. The summed E-state index contributed by atoms with van der Waals surface area (Å²) in [5, 5.41) is 0.526. The van der Waals surface area contributed by atoms with Gasteiger partial charge in [-0.15, -0.1) is 0 Å². The number of hydrogen-bond acceptors (Lipinski definition) is 4. The number of phosphoric acid groups is 1. The van der Waals surface area contributed by atoms with Gasteiger partial charge in [0.1, 0.15) is 5.76 Å². The van der Waals surface area contributed by atoms with Crippen molar-refractivity contribution < 1.29 is 48.1 Å². The maximum absolute atomic E-state index is 11.2. The summed E-state index contributed by atoms with van der Waals surface area (Å²) in [4.78, 5) is 11.2. The van der Waals surface area contributed by atoms with E-state index in [1.165, 1.54) is 12.1 Å². The van der Waals surface area contributed by atoms with Crippen molar-refractivity contribution in [2.75, 3.05) is 7.11 Å². The van der Waals surface area contributed by atoms with Crippen LogP contribution in [0.4, 0.5) is 0 Å². The van der Waals surface area contributed by atoms with Gasteiger partial charge in [-0.1, -0.05) is 46.4 Å². The Morgan fingerprint density at radius 2 is 1.79 bits per heavy atom. The fourth-order valence-electron chi connectivity index (χ4n) is 0.997. The molecule has 10 heteroatoms. The van der Waals surface area contributed by atoms with Gasteiger partial charge in [0, 0.05) is 18.2 Å². The summed E-state index contributed by atoms with van der Waals surface area (Å²) in [6.45, 7) is 0. The minimum absolute atomic E-state index is 0. The summed E-state index contributed by atoms with van der Waals surface area (Å²) in [7, 11) is -3.54. The topological polar surface area (TPSA) is 58.6 Å². The molecule has 0 radical (unpaired) electrons. The van der Waals surface area contributed by atoms with Gasteiger partial charge >= 0.3 is 37.4 Å². The van der Waals surface area contributed by atoms with Crippen LogP contribution in [-0.2, 0) is 13.6 Å². The molecule has 0 fully saturated rings. The van der Waals surface area contributed by atoms with Gasteiger partial charge in [0.15, 0.2) is 0 Å². The molecule has 0 aromatic heterocycles. The fourth-order valence-corrected chi connectivity index (χ4v) is 2.33. The van der Waals surface area contributed by atoms with E-state index in [2.05, 4.69) is 9.05 Å². The van der Waals surface area contributed by atoms with Gasteiger partial charge in [0.05, 0.1) is 15.1 Å². The molecule has 0 bridgehead atoms. The van der Waals surface area contributed by atoms with Crippen LogP contribution in [0.3, 0.4) is 0 Å². The molecule has 1 rings (SSSR count). The molecule has 0 N–H and O–H groups in total. The van der Waals surface area contributed by atoms with Gasteiger partial charge in [0.25, 0.3) is 0 Å². The zero-order chi connectivity index (χ0) is 13.9. The van der Waals surface area contributed by atoms with Crippen molar-refractivity contribution in [1.29, 1.82) is 0 Å². The van der Waals surface area contributed by atoms with Gasteiger partial charge in [-0.05, 0) is 12.1 Å². The second-order valence-electron chi connectivity index (χ2n) is 2.94. The van der Waals surface area contributed by atoms with Crippen molar-refractivity contribution in [2.24, 2.45) is 0 Å². The molecule has 100 valence electrons. The van der Waals surface area contributed by atoms with Crippen molar-refractivity contribution in [3.8, 4) is 0 Å². The molecule has 1 aromatic rings. The van der Waals surface area contributed by atoms with Crippen LogP contribution in [0.25, 0.3) is 5.76 Å². The molecule has 0 heterocycles. The first-order chi connectivity index (χ1) is 8.30. The molecule has 0 spiro atoms. The van der Waals surface area contributed by atoms with E-state index in [1.54, 1.807) is 0 Å². The Labute approximate surface area is 152 Å². The molecule has 0 aliphatic rings. The molecule has 0 saturated carbocycles. The van der Waals surface area contributed by atoms with E-state index in [-0.39, 0.29) is 55.9 Å². The van der Waals surface area contributed by atoms with Gasteiger partial charge in [-0.2, -0.15) is 0 Å². The largest absolute Gasteiger partial charge is 1.00 e. The summed E-state index contributed by atoms with van der Waals surface area (Å²) in [5.74, 6) is -0.222. The minimum Gasteiger partial charge on any atom is -0.746 e. The zero-order valence-corrected chi connectivity index (χ0v) is 15.7. The summed E-state index contributed by atoms with van der Waals surface area (Å²) in [6, 6.07) is 2.67. The van der Waals surface area contributed by atoms with Crippen molar-refractivity contribution in [3.05, 3.63) is 38.3 Å². The summed E-state index contributed by atoms with van der Waals surface area (Å²) in [6.07, 6.45) is 0. The number of hydrogen-bond donors (Lipinski definition) is 0. The van der Waals surface area contributed by atoms with Crippen molar-refractivity contribution in [1.82, 2.24) is 0 Å². The van der Waals surface area contributed by atoms with E-state index in [0.29, 0.717) is 0 Å². The minimum atomic E-state index is -4.50. The molecule has 0 amide bonds. The van der Waals surface area contributed by atoms with Gasteiger partial charge in [0.2, 0.25) is 0 Å². The molecule has 0 aliphatic carbocycles. The van der Waals surface area contributed by atoms with Crippen molar-refractivity contribution in [3.63, 3.8) is 0 Å². The van der Waals surface area contributed by atoms with Crippen molar-refractivity contribution >= 4 is 60.0 Å². The van der Waals surface area contributed by atoms with Crippen LogP contribution in [0.5, 0.6) is 0 Å². The molecule has 19 heavy (non-hydrogen) atoms. The third-order valence-electron chi connectivity index (χ3n) is 1.81. The Balaban J connectivity index is 0.00000324. The Hall–Kier alpha value is 1.07. The first-order valence-electron chi connectivity index (χ1n) is 4.32. The smallest absolute Gasteiger partial charge is 0.746 e. The average Bonchev–Trinajstić information content (AvgIpc) is 2.31. The Morgan fingerprint density at radius 3 is 2.26 bits per heavy atom. The monoisotopic (exact) mass is 372 g/mol. The molecule has 1 atom stereocenters. The fraction of sp³-hybridized carbons (Fsp3) is 0.111. The molecule has 0 saturated heterocycles. The van der Waals surface area contributed by atoms with E-state index in [4.69, 9.17) is 46.4 Å². The number of halogens is 4. The van der Waals surface area contributed by atoms with Crippen LogP contribution in [0.15, 0.2) is 17.7 Å². The van der Waals surface area contributed by atoms with E-state index in [9.17, 15) is 9.46 Å². The second-order valence-corrected chi connectivity index (χ2v) is 5.82. The van der Waals surface area contributed by atoms with E-state index >= 15 is 0 Å². The average molecular weight is 374 g/mol. The normalized spacial score (nSPS) is 14.5. The van der Waals surface area contributed by atoms with Gasteiger partial charge in [-0.3, -0.25) is 4.57 Å². The number of benzene rings is 1. The van der Waals surface area contributed by atoms with Gasteiger partial charge in [-0.25, -0.2) is 0 Å². The van der Waals surface area contributed by atoms with Gasteiger partial charge < -0.3 is 13.9 Å². The summed E-state index contributed by atoms with van der Waals surface area (Å²) >= 11 is 22.9. The maximum atomic E-state index is 11.2. The van der Waals surface area contributed by atoms with Crippen LogP contribution in [0, 0.1) is 0 Å². The second kappa shape index (κ2) is 8.50. The Morgan fingerprint density at radius 1 is 1.26 bits per heavy atom. The predicted octanol–water partition coefficient (Wildman–Crippen LogP) is 1.32. The van der Waals surface area contributed by atoms with E-state index < -0.39 is 7.82 Å². The molecule has 4 nitrogen and oxygen atoms in total. The first-order valence-corrected chi connectivity index (χ1v) is 7.35. The van der Waals surface area contributed by atoms with Crippen LogP contribution in [0.2, 0.25) is 15.1 Å². The van der Waals surface area contributed by atoms with Crippen LogP contribution in [-0.4, -0.2) is 7.11 Å². The molecular weight excluding hydrogens is 368 g/mol. The van der Waals surface area contributed by atoms with Crippen LogP contribution in [0.1, 0.15) is 5.56 Å². The standard InChI is InChI=1S/C9H7Cl4O4P.Na/c1-16-18(14,15)17-9(4-10)5-2-7(12)8(13)3-6(5)11;/h2-4H,1H3,(H,14,15);/q;+1/p-1/b9-4-;. The first kappa shape index (κ1) is 20.1. The Bertz CT molecular complexity index is 537. The maximum Gasteiger partial charge on any atom is 1.00 e. The van der Waals surface area contributed by atoms with Crippen molar-refractivity contribution in [2.45, 2.75) is 0 Å². The zero-order valence-electron chi connectivity index (χ0n) is 9.82. The van der Waals surface area contributed by atoms with E-state index in [0.717, 1.165) is 12.6 Å². The van der Waals surface area contributed by atoms with Crippen LogP contribution >= 0.6 is 54.2 Å². The third-order valence-corrected chi connectivity index (χ3v) is 3.91. The molecule has 1 unspecified atom stereocenters. The number of rotatable bonds is 4. The number of phosphoric ester groups is 1. The Kier molecular flexibility index (Phi) is 8.98. The summed E-state index contributed by atoms with van der Waals surface area (Å²) < 4.78 is 20.0. The quantitative estimate of drug-likeness (QED) is 0.345. The molecular formula is C9H6Cl4NaO4P. The summed E-state index contributed by atoms with van der Waals surface area (Å²) in [5.41, 5.74) is 1.07.